The predicted octanol–water partition coefficient (Wildman–Crippen LogP) is 2.17. The van der Waals surface area contributed by atoms with Crippen LogP contribution in [-0.2, 0) is 0 Å². The number of nitrogens with one attached hydrogen (secondary N) is 1. The average molecular weight is 153 g/mol. The van der Waals surface area contributed by atoms with Crippen molar-refractivity contribution in [3.05, 3.63) is 0 Å². The standard InChI is InChI=1S/C10H19N/c1-7(2)11-10(8-3-4-8)9-5-6-9/h7-11H,3-6H2,1-2H3. The summed E-state index contributed by atoms with van der Waals surface area (Å²) >= 11 is 0. The van der Waals surface area contributed by atoms with Crippen LogP contribution in [0.25, 0.3) is 0 Å². The molecule has 64 valence electrons. The Balaban J connectivity index is 1.82. The lowest BCUT2D eigenvalue weighted by Crippen LogP contribution is -2.37. The fourth-order valence-corrected chi connectivity index (χ4v) is 1.95. The van der Waals surface area contributed by atoms with E-state index in [4.69, 9.17) is 0 Å². The summed E-state index contributed by atoms with van der Waals surface area (Å²) in [5.74, 6) is 2.09. The van der Waals surface area contributed by atoms with Crippen LogP contribution in [0.2, 0.25) is 0 Å². The van der Waals surface area contributed by atoms with Gasteiger partial charge in [-0.05, 0) is 37.5 Å². The van der Waals surface area contributed by atoms with Gasteiger partial charge in [0.05, 0.1) is 0 Å². The monoisotopic (exact) mass is 153 g/mol. The summed E-state index contributed by atoms with van der Waals surface area (Å²) in [6.07, 6.45) is 5.95. The molecule has 2 aliphatic carbocycles. The van der Waals surface area contributed by atoms with Crippen molar-refractivity contribution in [1.82, 2.24) is 5.32 Å². The van der Waals surface area contributed by atoms with Gasteiger partial charge in [0.15, 0.2) is 0 Å². The third kappa shape index (κ3) is 1.96. The highest BCUT2D eigenvalue weighted by atomic mass is 15.0. The van der Waals surface area contributed by atoms with Crippen molar-refractivity contribution in [3.8, 4) is 0 Å². The first kappa shape index (κ1) is 7.60. The SMILES string of the molecule is CC(C)NC(C1CC1)C1CC1. The van der Waals surface area contributed by atoms with Crippen molar-refractivity contribution in [3.63, 3.8) is 0 Å². The molecule has 0 spiro atoms. The first-order chi connectivity index (χ1) is 5.27. The van der Waals surface area contributed by atoms with Gasteiger partial charge in [-0.15, -0.1) is 0 Å². The Morgan fingerprint density at radius 3 is 1.73 bits per heavy atom. The van der Waals surface area contributed by atoms with Gasteiger partial charge in [0.25, 0.3) is 0 Å². The van der Waals surface area contributed by atoms with Gasteiger partial charge >= 0.3 is 0 Å². The van der Waals surface area contributed by atoms with Crippen molar-refractivity contribution in [2.45, 2.75) is 51.6 Å². The molecule has 0 aromatic rings. The molecule has 2 aliphatic rings. The van der Waals surface area contributed by atoms with Crippen LogP contribution in [0.5, 0.6) is 0 Å². The molecule has 0 heterocycles. The normalized spacial score (nSPS) is 25.1. The molecule has 0 unspecified atom stereocenters. The highest BCUT2D eigenvalue weighted by Gasteiger charge is 2.41. The van der Waals surface area contributed by atoms with Crippen LogP contribution in [0.15, 0.2) is 0 Å². The van der Waals surface area contributed by atoms with Crippen molar-refractivity contribution in [1.29, 1.82) is 0 Å². The number of hydrogen-bond donors (Lipinski definition) is 1. The van der Waals surface area contributed by atoms with Crippen molar-refractivity contribution >= 4 is 0 Å². The second-order valence-corrected chi connectivity index (χ2v) is 4.52. The van der Waals surface area contributed by atoms with Crippen molar-refractivity contribution < 1.29 is 0 Å². The third-order valence-corrected chi connectivity index (χ3v) is 2.79. The number of rotatable bonds is 4. The van der Waals surface area contributed by atoms with Gasteiger partial charge in [-0.2, -0.15) is 0 Å². The van der Waals surface area contributed by atoms with Crippen molar-refractivity contribution in [2.24, 2.45) is 11.8 Å². The molecule has 0 amide bonds. The van der Waals surface area contributed by atoms with Gasteiger partial charge in [-0.1, -0.05) is 13.8 Å². The maximum Gasteiger partial charge on any atom is 0.0126 e. The van der Waals surface area contributed by atoms with E-state index in [9.17, 15) is 0 Å². The van der Waals surface area contributed by atoms with E-state index in [0.29, 0.717) is 6.04 Å². The summed E-state index contributed by atoms with van der Waals surface area (Å²) in [7, 11) is 0. The zero-order valence-corrected chi connectivity index (χ0v) is 7.64. The van der Waals surface area contributed by atoms with Crippen molar-refractivity contribution in [2.75, 3.05) is 0 Å². The smallest absolute Gasteiger partial charge is 0.0126 e. The van der Waals surface area contributed by atoms with E-state index in [-0.39, 0.29) is 0 Å². The Morgan fingerprint density at radius 2 is 1.45 bits per heavy atom. The Labute approximate surface area is 69.6 Å². The summed E-state index contributed by atoms with van der Waals surface area (Å²) in [4.78, 5) is 0. The lowest BCUT2D eigenvalue weighted by molar-refractivity contribution is 0.384. The van der Waals surface area contributed by atoms with Gasteiger partial charge in [0, 0.05) is 12.1 Å². The minimum absolute atomic E-state index is 0.682. The van der Waals surface area contributed by atoms with E-state index in [1.165, 1.54) is 25.7 Å². The molecular weight excluding hydrogens is 134 g/mol. The van der Waals surface area contributed by atoms with E-state index in [1.807, 2.05) is 0 Å². The average Bonchev–Trinajstić information content (AvgIpc) is 2.79. The zero-order chi connectivity index (χ0) is 7.84. The van der Waals surface area contributed by atoms with Crippen LogP contribution in [0, 0.1) is 11.8 Å². The molecular formula is C10H19N. The van der Waals surface area contributed by atoms with Crippen LogP contribution in [0.3, 0.4) is 0 Å². The van der Waals surface area contributed by atoms with Crippen LogP contribution in [0.4, 0.5) is 0 Å². The Bertz CT molecular complexity index is 122. The molecule has 11 heavy (non-hydrogen) atoms. The molecule has 2 fully saturated rings. The van der Waals surface area contributed by atoms with E-state index in [0.717, 1.165) is 17.9 Å². The molecule has 0 bridgehead atoms. The molecule has 2 rings (SSSR count). The topological polar surface area (TPSA) is 12.0 Å². The Hall–Kier alpha value is -0.0400. The third-order valence-electron chi connectivity index (χ3n) is 2.79. The largest absolute Gasteiger partial charge is 0.311 e. The molecule has 0 aliphatic heterocycles. The lowest BCUT2D eigenvalue weighted by atomic mass is 10.1. The summed E-state index contributed by atoms with van der Waals surface area (Å²) < 4.78 is 0. The molecule has 0 atom stereocenters. The zero-order valence-electron chi connectivity index (χ0n) is 7.64. The van der Waals surface area contributed by atoms with Gasteiger partial charge in [-0.3, -0.25) is 0 Å². The second kappa shape index (κ2) is 2.78. The first-order valence-corrected chi connectivity index (χ1v) is 5.03. The van der Waals surface area contributed by atoms with Gasteiger partial charge in [0.1, 0.15) is 0 Å². The molecule has 1 heteroatoms. The fourth-order valence-electron chi connectivity index (χ4n) is 1.95. The molecule has 0 saturated heterocycles. The molecule has 2 saturated carbocycles. The summed E-state index contributed by atoms with van der Waals surface area (Å²) in [6.45, 7) is 4.52. The summed E-state index contributed by atoms with van der Waals surface area (Å²) in [5, 5.41) is 3.70. The quantitative estimate of drug-likeness (QED) is 0.652. The van der Waals surface area contributed by atoms with Crippen LogP contribution in [-0.4, -0.2) is 12.1 Å². The minimum Gasteiger partial charge on any atom is -0.311 e. The summed E-state index contributed by atoms with van der Waals surface area (Å²) in [5.41, 5.74) is 0. The second-order valence-electron chi connectivity index (χ2n) is 4.52. The van der Waals surface area contributed by atoms with Crippen LogP contribution >= 0.6 is 0 Å². The number of hydrogen-bond acceptors (Lipinski definition) is 1. The van der Waals surface area contributed by atoms with E-state index < -0.39 is 0 Å². The molecule has 0 aromatic heterocycles. The van der Waals surface area contributed by atoms with E-state index >= 15 is 0 Å². The maximum atomic E-state index is 3.70. The molecule has 0 radical (unpaired) electrons. The van der Waals surface area contributed by atoms with Crippen LogP contribution in [0.1, 0.15) is 39.5 Å². The maximum absolute atomic E-state index is 3.70. The highest BCUT2D eigenvalue weighted by Crippen LogP contribution is 2.44. The van der Waals surface area contributed by atoms with E-state index in [1.54, 1.807) is 0 Å². The molecule has 1 N–H and O–H groups in total. The van der Waals surface area contributed by atoms with Gasteiger partial charge < -0.3 is 5.32 Å². The van der Waals surface area contributed by atoms with Gasteiger partial charge in [0.2, 0.25) is 0 Å². The Morgan fingerprint density at radius 1 is 1.00 bits per heavy atom. The van der Waals surface area contributed by atoms with E-state index in [2.05, 4.69) is 19.2 Å². The van der Waals surface area contributed by atoms with Crippen LogP contribution < -0.4 is 5.32 Å². The molecule has 1 nitrogen and oxygen atoms in total. The first-order valence-electron chi connectivity index (χ1n) is 5.03. The summed E-state index contributed by atoms with van der Waals surface area (Å²) in [6, 6.07) is 1.57. The van der Waals surface area contributed by atoms with Gasteiger partial charge in [-0.25, -0.2) is 0 Å². The fraction of sp³-hybridized carbons (Fsp3) is 1.00. The molecule has 0 aromatic carbocycles. The lowest BCUT2D eigenvalue weighted by Gasteiger charge is -2.20. The predicted molar refractivity (Wildman–Crippen MR) is 47.5 cm³/mol. The Kier molecular flexibility index (Phi) is 1.92. The highest BCUT2D eigenvalue weighted by molar-refractivity contribution is 4.96. The minimum atomic E-state index is 0.682.